The highest BCUT2D eigenvalue weighted by Gasteiger charge is 2.19. The Labute approximate surface area is 180 Å². The van der Waals surface area contributed by atoms with Crippen molar-refractivity contribution < 1.29 is 19.1 Å². The fourth-order valence-corrected chi connectivity index (χ4v) is 3.77. The Morgan fingerprint density at radius 3 is 2.45 bits per heavy atom. The number of nitrogens with one attached hydrogen (secondary N) is 1. The number of hydrogen-bond acceptors (Lipinski definition) is 4. The van der Waals surface area contributed by atoms with Gasteiger partial charge in [-0.2, -0.15) is 0 Å². The Hall–Kier alpha value is -3.80. The molecule has 0 bridgehead atoms. The number of benzene rings is 2. The van der Waals surface area contributed by atoms with Crippen molar-refractivity contribution in [2.45, 2.75) is 20.8 Å². The summed E-state index contributed by atoms with van der Waals surface area (Å²) in [6, 6.07) is 18.8. The van der Waals surface area contributed by atoms with Crippen LogP contribution in [-0.2, 0) is 4.74 Å². The molecule has 0 fully saturated rings. The summed E-state index contributed by atoms with van der Waals surface area (Å²) in [7, 11) is 0. The Morgan fingerprint density at radius 2 is 1.74 bits per heavy atom. The monoisotopic (exact) mass is 416 g/mol. The summed E-state index contributed by atoms with van der Waals surface area (Å²) >= 11 is 0. The van der Waals surface area contributed by atoms with Gasteiger partial charge >= 0.3 is 5.97 Å². The minimum atomic E-state index is -0.551. The van der Waals surface area contributed by atoms with Crippen molar-refractivity contribution in [1.29, 1.82) is 0 Å². The number of rotatable bonds is 7. The van der Waals surface area contributed by atoms with Crippen LogP contribution in [-0.4, -0.2) is 34.5 Å². The fourth-order valence-electron chi connectivity index (χ4n) is 3.77. The molecule has 0 aliphatic heterocycles. The molecule has 2 aromatic carbocycles. The maximum atomic E-state index is 12.8. The van der Waals surface area contributed by atoms with Crippen LogP contribution in [0.3, 0.4) is 0 Å². The number of fused-ring (bicyclic) bond motifs is 1. The van der Waals surface area contributed by atoms with Crippen molar-refractivity contribution >= 4 is 22.7 Å². The van der Waals surface area contributed by atoms with Gasteiger partial charge in [0.05, 0.1) is 6.61 Å². The molecule has 0 atom stereocenters. The number of Topliss-reactive ketones (excluding diaryl/α,β-unsaturated/α-hetero) is 1. The number of carbonyl (C=O) groups is 2. The second-order valence-corrected chi connectivity index (χ2v) is 7.32. The largest absolute Gasteiger partial charge is 0.494 e. The summed E-state index contributed by atoms with van der Waals surface area (Å²) in [6.45, 7) is 6.06. The van der Waals surface area contributed by atoms with Crippen molar-refractivity contribution in [3.8, 4) is 11.4 Å². The van der Waals surface area contributed by atoms with Crippen LogP contribution < -0.4 is 4.74 Å². The third-order valence-electron chi connectivity index (χ3n) is 5.22. The first kappa shape index (κ1) is 20.5. The summed E-state index contributed by atoms with van der Waals surface area (Å²) in [5.41, 5.74) is 4.37. The summed E-state index contributed by atoms with van der Waals surface area (Å²) in [5.74, 6) is 0.00789. The van der Waals surface area contributed by atoms with Crippen molar-refractivity contribution in [1.82, 2.24) is 9.55 Å². The van der Waals surface area contributed by atoms with Crippen LogP contribution >= 0.6 is 0 Å². The van der Waals surface area contributed by atoms with E-state index in [1.54, 1.807) is 6.07 Å². The van der Waals surface area contributed by atoms with Crippen molar-refractivity contribution in [2.75, 3.05) is 13.2 Å². The number of para-hydroxylation sites is 1. The van der Waals surface area contributed by atoms with Crippen LogP contribution in [0.5, 0.6) is 5.75 Å². The number of nitrogens with zero attached hydrogens (tertiary/aromatic N) is 1. The van der Waals surface area contributed by atoms with Crippen LogP contribution in [0.15, 0.2) is 60.7 Å². The van der Waals surface area contributed by atoms with Crippen molar-refractivity contribution in [2.24, 2.45) is 0 Å². The fraction of sp³-hybridized carbons (Fsp3) is 0.200. The Balaban J connectivity index is 1.48. The third kappa shape index (κ3) is 4.10. The lowest BCUT2D eigenvalue weighted by Gasteiger charge is -2.11. The summed E-state index contributed by atoms with van der Waals surface area (Å²) in [5, 5.41) is 0.916. The van der Waals surface area contributed by atoms with Gasteiger partial charge in [0.2, 0.25) is 5.78 Å². The Kier molecular flexibility index (Phi) is 5.62. The molecule has 1 N–H and O–H groups in total. The summed E-state index contributed by atoms with van der Waals surface area (Å²) in [6.07, 6.45) is 0. The van der Waals surface area contributed by atoms with Gasteiger partial charge in [0.15, 0.2) is 6.61 Å². The van der Waals surface area contributed by atoms with E-state index in [1.807, 2.05) is 79.9 Å². The van der Waals surface area contributed by atoms with E-state index in [0.717, 1.165) is 33.7 Å². The van der Waals surface area contributed by atoms with Gasteiger partial charge in [-0.05, 0) is 63.2 Å². The lowest BCUT2D eigenvalue weighted by Crippen LogP contribution is -2.15. The molecule has 4 aromatic rings. The normalized spacial score (nSPS) is 10.9. The molecule has 0 unspecified atom stereocenters. The van der Waals surface area contributed by atoms with Gasteiger partial charge in [0.1, 0.15) is 11.4 Å². The molecule has 2 heterocycles. The average Bonchev–Trinajstić information content (AvgIpc) is 3.33. The zero-order chi connectivity index (χ0) is 22.0. The van der Waals surface area contributed by atoms with E-state index in [1.165, 1.54) is 0 Å². The van der Waals surface area contributed by atoms with Gasteiger partial charge in [0, 0.05) is 33.5 Å². The van der Waals surface area contributed by atoms with Crippen molar-refractivity contribution in [3.05, 3.63) is 83.3 Å². The lowest BCUT2D eigenvalue weighted by atomic mass is 10.1. The van der Waals surface area contributed by atoms with Gasteiger partial charge < -0.3 is 19.0 Å². The average molecular weight is 416 g/mol. The number of carbonyl (C=O) groups excluding carboxylic acids is 2. The number of hydrogen-bond donors (Lipinski definition) is 1. The molecule has 31 heavy (non-hydrogen) atoms. The highest BCUT2D eigenvalue weighted by Crippen LogP contribution is 2.23. The van der Waals surface area contributed by atoms with Crippen LogP contribution in [0.1, 0.15) is 39.2 Å². The topological polar surface area (TPSA) is 73.3 Å². The highest BCUT2D eigenvalue weighted by molar-refractivity contribution is 6.01. The molecule has 2 aromatic heterocycles. The zero-order valence-corrected chi connectivity index (χ0v) is 17.8. The first-order valence-electron chi connectivity index (χ1n) is 10.2. The van der Waals surface area contributed by atoms with Crippen LogP contribution in [0.4, 0.5) is 0 Å². The van der Waals surface area contributed by atoms with E-state index in [4.69, 9.17) is 9.47 Å². The van der Waals surface area contributed by atoms with Gasteiger partial charge in [0.25, 0.3) is 0 Å². The molecular formula is C25H24N2O4. The van der Waals surface area contributed by atoms with E-state index < -0.39 is 5.97 Å². The SMILES string of the molecule is CCOc1ccc(-n2c(C)cc(C(=O)COC(=O)c3cc4ccccc4[nH]3)c2C)cc1. The van der Waals surface area contributed by atoms with Crippen LogP contribution in [0.2, 0.25) is 0 Å². The van der Waals surface area contributed by atoms with E-state index in [-0.39, 0.29) is 12.4 Å². The minimum Gasteiger partial charge on any atom is -0.494 e. The van der Waals surface area contributed by atoms with Crippen LogP contribution in [0, 0.1) is 13.8 Å². The first-order chi connectivity index (χ1) is 15.0. The Bertz CT molecular complexity index is 1220. The molecule has 4 rings (SSSR count). The molecule has 0 aliphatic rings. The van der Waals surface area contributed by atoms with Gasteiger partial charge in [-0.15, -0.1) is 0 Å². The number of esters is 1. The number of aryl methyl sites for hydroxylation is 1. The molecule has 6 heteroatoms. The quantitative estimate of drug-likeness (QED) is 0.339. The molecule has 0 saturated carbocycles. The molecular weight excluding hydrogens is 392 g/mol. The number of aromatic nitrogens is 2. The standard InChI is InChI=1S/C25H24N2O4/c1-4-30-20-11-9-19(10-12-20)27-16(2)13-21(17(27)3)24(28)15-31-25(29)23-14-18-7-5-6-8-22(18)26-23/h5-14,26H,4,15H2,1-3H3. The summed E-state index contributed by atoms with van der Waals surface area (Å²) in [4.78, 5) is 28.2. The smallest absolute Gasteiger partial charge is 0.355 e. The molecule has 0 aliphatic carbocycles. The predicted molar refractivity (Wildman–Crippen MR) is 119 cm³/mol. The maximum absolute atomic E-state index is 12.8. The molecule has 0 saturated heterocycles. The number of ether oxygens (including phenoxy) is 2. The van der Waals surface area contributed by atoms with Gasteiger partial charge in [-0.3, -0.25) is 4.79 Å². The van der Waals surface area contributed by atoms with Crippen molar-refractivity contribution in [3.63, 3.8) is 0 Å². The molecule has 0 spiro atoms. The lowest BCUT2D eigenvalue weighted by molar-refractivity contribution is 0.0469. The minimum absolute atomic E-state index is 0.241. The molecule has 0 radical (unpaired) electrons. The zero-order valence-electron chi connectivity index (χ0n) is 17.8. The first-order valence-corrected chi connectivity index (χ1v) is 10.2. The molecule has 158 valence electrons. The predicted octanol–water partition coefficient (Wildman–Crippen LogP) is 5.01. The number of aromatic amines is 1. The summed E-state index contributed by atoms with van der Waals surface area (Å²) < 4.78 is 12.8. The van der Waals surface area contributed by atoms with Gasteiger partial charge in [-0.25, -0.2) is 4.79 Å². The second-order valence-electron chi connectivity index (χ2n) is 7.32. The third-order valence-corrected chi connectivity index (χ3v) is 5.22. The van der Waals surface area contributed by atoms with Gasteiger partial charge in [-0.1, -0.05) is 18.2 Å². The maximum Gasteiger partial charge on any atom is 0.355 e. The van der Waals surface area contributed by atoms with Crippen LogP contribution in [0.25, 0.3) is 16.6 Å². The van der Waals surface area contributed by atoms with E-state index in [2.05, 4.69) is 4.98 Å². The number of ketones is 1. The highest BCUT2D eigenvalue weighted by atomic mass is 16.5. The molecule has 0 amide bonds. The number of H-pyrrole nitrogens is 1. The van der Waals surface area contributed by atoms with E-state index in [9.17, 15) is 9.59 Å². The van der Waals surface area contributed by atoms with E-state index >= 15 is 0 Å². The second kappa shape index (κ2) is 8.52. The Morgan fingerprint density at radius 1 is 1.00 bits per heavy atom. The van der Waals surface area contributed by atoms with E-state index in [0.29, 0.717) is 17.9 Å². The molecule has 6 nitrogen and oxygen atoms in total.